The van der Waals surface area contributed by atoms with Crippen molar-refractivity contribution in [3.05, 3.63) is 65.7 Å². The van der Waals surface area contributed by atoms with Crippen LogP contribution in [0.5, 0.6) is 0 Å². The van der Waals surface area contributed by atoms with Crippen molar-refractivity contribution in [3.8, 4) is 0 Å². The maximum absolute atomic E-state index is 12.3. The molecule has 1 heterocycles. The van der Waals surface area contributed by atoms with Crippen LogP contribution < -0.4 is 10.6 Å². The molecule has 1 aliphatic rings. The molecule has 3 rings (SSSR count). The second-order valence-electron chi connectivity index (χ2n) is 7.18. The molecule has 2 amide bonds. The Kier molecular flexibility index (Phi) is 6.44. The Morgan fingerprint density at radius 3 is 2.32 bits per heavy atom. The van der Waals surface area contributed by atoms with Gasteiger partial charge in [-0.05, 0) is 43.4 Å². The van der Waals surface area contributed by atoms with E-state index in [9.17, 15) is 14.7 Å². The second kappa shape index (κ2) is 8.99. The fourth-order valence-corrected chi connectivity index (χ4v) is 3.50. The standard InChI is InChI=1S/C22H26N2O4/c1-16-7-9-19(10-8-16)24-21(26)20(25)23-15-22(27,17-5-3-2-4-6-17)18-11-13-28-14-12-18/h2-10,18,27H,11-15H2,1H3,(H,23,25)(H,24,26). The van der Waals surface area contributed by atoms with E-state index in [4.69, 9.17) is 4.74 Å². The van der Waals surface area contributed by atoms with E-state index in [-0.39, 0.29) is 12.5 Å². The number of hydrogen-bond donors (Lipinski definition) is 3. The van der Waals surface area contributed by atoms with Crippen LogP contribution in [0.3, 0.4) is 0 Å². The Bertz CT molecular complexity index is 801. The van der Waals surface area contributed by atoms with Gasteiger partial charge in [-0.25, -0.2) is 0 Å². The van der Waals surface area contributed by atoms with Crippen LogP contribution in [-0.4, -0.2) is 36.7 Å². The number of aliphatic hydroxyl groups is 1. The Hall–Kier alpha value is -2.70. The predicted molar refractivity (Wildman–Crippen MR) is 107 cm³/mol. The molecule has 6 heteroatoms. The summed E-state index contributed by atoms with van der Waals surface area (Å²) in [6, 6.07) is 16.5. The van der Waals surface area contributed by atoms with Crippen LogP contribution in [0.25, 0.3) is 0 Å². The summed E-state index contributed by atoms with van der Waals surface area (Å²) >= 11 is 0. The van der Waals surface area contributed by atoms with Crippen molar-refractivity contribution < 1.29 is 19.4 Å². The summed E-state index contributed by atoms with van der Waals surface area (Å²) in [5.74, 6) is -1.60. The Balaban J connectivity index is 1.68. The fraction of sp³-hybridized carbons (Fsp3) is 0.364. The maximum Gasteiger partial charge on any atom is 0.313 e. The molecular weight excluding hydrogens is 356 g/mol. The molecular formula is C22H26N2O4. The number of hydrogen-bond acceptors (Lipinski definition) is 4. The first-order chi connectivity index (χ1) is 13.5. The Morgan fingerprint density at radius 2 is 1.68 bits per heavy atom. The number of nitrogens with one attached hydrogen (secondary N) is 2. The van der Waals surface area contributed by atoms with Gasteiger partial charge in [0, 0.05) is 18.9 Å². The Morgan fingerprint density at radius 1 is 1.04 bits per heavy atom. The zero-order chi connectivity index (χ0) is 20.0. The number of carbonyl (C=O) groups excluding carboxylic acids is 2. The number of aryl methyl sites for hydroxylation is 1. The molecule has 1 atom stereocenters. The highest BCUT2D eigenvalue weighted by Gasteiger charge is 2.39. The lowest BCUT2D eigenvalue weighted by Crippen LogP contribution is -2.49. The molecule has 1 aliphatic heterocycles. The van der Waals surface area contributed by atoms with Gasteiger partial charge in [0.1, 0.15) is 5.60 Å². The van der Waals surface area contributed by atoms with Crippen LogP contribution in [0.15, 0.2) is 54.6 Å². The minimum Gasteiger partial charge on any atom is -0.383 e. The molecule has 3 N–H and O–H groups in total. The van der Waals surface area contributed by atoms with E-state index in [0.29, 0.717) is 31.7 Å². The third-order valence-electron chi connectivity index (χ3n) is 5.20. The van der Waals surface area contributed by atoms with Gasteiger partial charge in [-0.2, -0.15) is 0 Å². The van der Waals surface area contributed by atoms with Crippen molar-refractivity contribution >= 4 is 17.5 Å². The number of rotatable bonds is 5. The van der Waals surface area contributed by atoms with Crippen LogP contribution in [0, 0.1) is 12.8 Å². The highest BCUT2D eigenvalue weighted by Crippen LogP contribution is 2.35. The molecule has 0 spiro atoms. The molecule has 0 aromatic heterocycles. The fourth-order valence-electron chi connectivity index (χ4n) is 3.50. The van der Waals surface area contributed by atoms with Crippen LogP contribution in [0.4, 0.5) is 5.69 Å². The largest absolute Gasteiger partial charge is 0.383 e. The maximum atomic E-state index is 12.3. The summed E-state index contributed by atoms with van der Waals surface area (Å²) in [6.07, 6.45) is 1.38. The van der Waals surface area contributed by atoms with Crippen molar-refractivity contribution in [3.63, 3.8) is 0 Å². The van der Waals surface area contributed by atoms with E-state index in [2.05, 4.69) is 10.6 Å². The van der Waals surface area contributed by atoms with Gasteiger partial charge in [0.2, 0.25) is 0 Å². The third-order valence-corrected chi connectivity index (χ3v) is 5.20. The number of anilines is 1. The molecule has 0 aliphatic carbocycles. The molecule has 2 aromatic rings. The van der Waals surface area contributed by atoms with Crippen molar-refractivity contribution in [2.45, 2.75) is 25.4 Å². The lowest BCUT2D eigenvalue weighted by Gasteiger charge is -2.39. The summed E-state index contributed by atoms with van der Waals surface area (Å²) in [6.45, 7) is 3.05. The van der Waals surface area contributed by atoms with E-state index in [1.165, 1.54) is 0 Å². The van der Waals surface area contributed by atoms with E-state index < -0.39 is 17.4 Å². The highest BCUT2D eigenvalue weighted by molar-refractivity contribution is 6.39. The minimum absolute atomic E-state index is 0.0399. The zero-order valence-electron chi connectivity index (χ0n) is 16.0. The highest BCUT2D eigenvalue weighted by atomic mass is 16.5. The van der Waals surface area contributed by atoms with E-state index in [0.717, 1.165) is 11.1 Å². The summed E-state index contributed by atoms with van der Waals surface area (Å²) < 4.78 is 5.41. The Labute approximate surface area is 164 Å². The average molecular weight is 382 g/mol. The van der Waals surface area contributed by atoms with Crippen LogP contribution in [0.2, 0.25) is 0 Å². The molecule has 2 aromatic carbocycles. The smallest absolute Gasteiger partial charge is 0.313 e. The molecule has 1 unspecified atom stereocenters. The van der Waals surface area contributed by atoms with Gasteiger partial charge in [0.25, 0.3) is 0 Å². The van der Waals surface area contributed by atoms with E-state index in [1.807, 2.05) is 49.4 Å². The molecule has 28 heavy (non-hydrogen) atoms. The van der Waals surface area contributed by atoms with Crippen LogP contribution in [-0.2, 0) is 19.9 Å². The predicted octanol–water partition coefficient (Wildman–Crippen LogP) is 2.36. The first-order valence-electron chi connectivity index (χ1n) is 9.50. The minimum atomic E-state index is -1.26. The molecule has 1 saturated heterocycles. The summed E-state index contributed by atoms with van der Waals surface area (Å²) in [5.41, 5.74) is 1.08. The van der Waals surface area contributed by atoms with Crippen molar-refractivity contribution in [2.24, 2.45) is 5.92 Å². The molecule has 0 radical (unpaired) electrons. The van der Waals surface area contributed by atoms with Gasteiger partial charge in [0.15, 0.2) is 0 Å². The molecule has 0 saturated carbocycles. The molecule has 6 nitrogen and oxygen atoms in total. The second-order valence-corrected chi connectivity index (χ2v) is 7.18. The van der Waals surface area contributed by atoms with Crippen molar-refractivity contribution in [1.29, 1.82) is 0 Å². The number of carbonyl (C=O) groups is 2. The third kappa shape index (κ3) is 4.77. The van der Waals surface area contributed by atoms with Gasteiger partial charge < -0.3 is 20.5 Å². The lowest BCUT2D eigenvalue weighted by atomic mass is 9.77. The van der Waals surface area contributed by atoms with Crippen molar-refractivity contribution in [1.82, 2.24) is 5.32 Å². The van der Waals surface area contributed by atoms with E-state index in [1.54, 1.807) is 12.1 Å². The van der Waals surface area contributed by atoms with Crippen LogP contribution in [0.1, 0.15) is 24.0 Å². The SMILES string of the molecule is Cc1ccc(NC(=O)C(=O)NCC(O)(c2ccccc2)C2CCOCC2)cc1. The molecule has 0 bridgehead atoms. The van der Waals surface area contributed by atoms with Crippen LogP contribution >= 0.6 is 0 Å². The number of amides is 2. The summed E-state index contributed by atoms with van der Waals surface area (Å²) in [7, 11) is 0. The van der Waals surface area contributed by atoms with Gasteiger partial charge in [-0.15, -0.1) is 0 Å². The molecule has 148 valence electrons. The first-order valence-corrected chi connectivity index (χ1v) is 9.50. The van der Waals surface area contributed by atoms with Gasteiger partial charge in [0.05, 0.1) is 6.54 Å². The van der Waals surface area contributed by atoms with Gasteiger partial charge in [-0.1, -0.05) is 48.0 Å². The zero-order valence-corrected chi connectivity index (χ0v) is 16.0. The lowest BCUT2D eigenvalue weighted by molar-refractivity contribution is -0.137. The normalized spacial score (nSPS) is 16.8. The summed E-state index contributed by atoms with van der Waals surface area (Å²) in [5, 5.41) is 16.6. The quantitative estimate of drug-likeness (QED) is 0.693. The average Bonchev–Trinajstić information content (AvgIpc) is 2.74. The number of ether oxygens (including phenoxy) is 1. The van der Waals surface area contributed by atoms with Gasteiger partial charge in [-0.3, -0.25) is 9.59 Å². The van der Waals surface area contributed by atoms with Crippen molar-refractivity contribution in [2.75, 3.05) is 25.1 Å². The van der Waals surface area contributed by atoms with Gasteiger partial charge >= 0.3 is 11.8 Å². The topological polar surface area (TPSA) is 87.7 Å². The number of benzene rings is 2. The first kappa shape index (κ1) is 20.0. The molecule has 1 fully saturated rings. The monoisotopic (exact) mass is 382 g/mol. The summed E-state index contributed by atoms with van der Waals surface area (Å²) in [4.78, 5) is 24.5. The van der Waals surface area contributed by atoms with E-state index >= 15 is 0 Å².